The minimum atomic E-state index is -0.530. The molecule has 1 amide bonds. The molecule has 0 radical (unpaired) electrons. The molecule has 5 rings (SSSR count). The SMILES string of the molecule is C=O.CC(C)(C)ONC1CCN(c2ncc(OCC3CCN(C(=O)OCc4ccccc4)CC3)cn2)C1.Cc1ccc(F)cc1F. The van der Waals surface area contributed by atoms with Crippen LogP contribution >= 0.6 is 0 Å². The van der Waals surface area contributed by atoms with E-state index < -0.39 is 11.6 Å². The maximum absolute atomic E-state index is 12.3. The van der Waals surface area contributed by atoms with Crippen molar-refractivity contribution >= 4 is 18.8 Å². The van der Waals surface area contributed by atoms with Gasteiger partial charge in [0.25, 0.3) is 0 Å². The topological polar surface area (TPSA) is 106 Å². The number of hydrogen-bond donors (Lipinski definition) is 1. The average Bonchev–Trinajstić information content (AvgIpc) is 3.55. The molecule has 3 heterocycles. The van der Waals surface area contributed by atoms with E-state index in [2.05, 4.69) is 20.3 Å². The van der Waals surface area contributed by atoms with E-state index in [1.807, 2.05) is 57.9 Å². The van der Waals surface area contributed by atoms with Crippen LogP contribution in [0.5, 0.6) is 5.75 Å². The number of nitrogens with one attached hydrogen (secondary N) is 1. The lowest BCUT2D eigenvalue weighted by atomic mass is 9.98. The van der Waals surface area contributed by atoms with Gasteiger partial charge in [-0.2, -0.15) is 5.48 Å². The maximum atomic E-state index is 12.3. The molecule has 10 nitrogen and oxygen atoms in total. The second-order valence-electron chi connectivity index (χ2n) is 12.2. The summed E-state index contributed by atoms with van der Waals surface area (Å²) in [6.45, 7) is 13.6. The lowest BCUT2D eigenvalue weighted by molar-refractivity contribution is -0.0980. The molecule has 0 bridgehead atoms. The van der Waals surface area contributed by atoms with Gasteiger partial charge in [0.15, 0.2) is 5.75 Å². The summed E-state index contributed by atoms with van der Waals surface area (Å²) in [5, 5.41) is 0. The number of aromatic nitrogens is 2. The molecule has 1 unspecified atom stereocenters. The van der Waals surface area contributed by atoms with E-state index in [-0.39, 0.29) is 17.7 Å². The van der Waals surface area contributed by atoms with Gasteiger partial charge in [0.2, 0.25) is 5.95 Å². The number of halogens is 2. The third-order valence-corrected chi connectivity index (χ3v) is 7.31. The molecule has 0 spiro atoms. The van der Waals surface area contributed by atoms with Crippen LogP contribution in [0.15, 0.2) is 60.9 Å². The normalized spacial score (nSPS) is 16.5. The fraction of sp³-hybridized carbons (Fsp3) is 0.471. The molecule has 2 aromatic carbocycles. The molecule has 2 fully saturated rings. The Bertz CT molecular complexity index is 1340. The number of likely N-dealkylation sites (tertiary alicyclic amines) is 1. The van der Waals surface area contributed by atoms with Crippen molar-refractivity contribution in [3.8, 4) is 5.75 Å². The molecule has 3 aromatic rings. The highest BCUT2D eigenvalue weighted by atomic mass is 19.1. The fourth-order valence-electron chi connectivity index (χ4n) is 4.72. The number of carbonyl (C=O) groups is 2. The van der Waals surface area contributed by atoms with Gasteiger partial charge in [0.05, 0.1) is 30.6 Å². The van der Waals surface area contributed by atoms with E-state index in [1.165, 1.54) is 12.1 Å². The van der Waals surface area contributed by atoms with Crippen LogP contribution in [0.2, 0.25) is 0 Å². The first kappa shape index (κ1) is 36.3. The van der Waals surface area contributed by atoms with Gasteiger partial charge in [-0.05, 0) is 70.1 Å². The van der Waals surface area contributed by atoms with Crippen molar-refractivity contribution in [2.45, 2.75) is 65.2 Å². The summed E-state index contributed by atoms with van der Waals surface area (Å²) >= 11 is 0. The first-order valence-corrected chi connectivity index (χ1v) is 15.3. The zero-order valence-electron chi connectivity index (χ0n) is 27.1. The van der Waals surface area contributed by atoms with Crippen LogP contribution in [0, 0.1) is 24.5 Å². The van der Waals surface area contributed by atoms with E-state index >= 15 is 0 Å². The van der Waals surface area contributed by atoms with Crippen LogP contribution in [0.3, 0.4) is 0 Å². The molecule has 12 heteroatoms. The summed E-state index contributed by atoms with van der Waals surface area (Å²) in [5.74, 6) is 0.748. The summed E-state index contributed by atoms with van der Waals surface area (Å²) in [6, 6.07) is 13.5. The van der Waals surface area contributed by atoms with Gasteiger partial charge in [0, 0.05) is 32.2 Å². The number of anilines is 1. The van der Waals surface area contributed by atoms with Crippen molar-refractivity contribution in [1.82, 2.24) is 20.3 Å². The monoisotopic (exact) mass is 641 g/mol. The number of aryl methyl sites for hydroxylation is 1. The van der Waals surface area contributed by atoms with Gasteiger partial charge in [-0.15, -0.1) is 0 Å². The van der Waals surface area contributed by atoms with E-state index in [9.17, 15) is 13.6 Å². The Morgan fingerprint density at radius 1 is 1.00 bits per heavy atom. The lowest BCUT2D eigenvalue weighted by Gasteiger charge is -2.31. The van der Waals surface area contributed by atoms with Crippen molar-refractivity contribution in [3.05, 3.63) is 83.7 Å². The first-order valence-electron chi connectivity index (χ1n) is 15.3. The first-order chi connectivity index (χ1) is 22.1. The Morgan fingerprint density at radius 2 is 1.67 bits per heavy atom. The Hall–Kier alpha value is -4.16. The molecule has 250 valence electrons. The predicted octanol–water partition coefficient (Wildman–Crippen LogP) is 5.89. The third kappa shape index (κ3) is 12.3. The zero-order valence-corrected chi connectivity index (χ0v) is 27.1. The van der Waals surface area contributed by atoms with Crippen LogP contribution in [-0.2, 0) is 21.0 Å². The van der Waals surface area contributed by atoms with Crippen molar-refractivity contribution in [2.75, 3.05) is 37.7 Å². The predicted molar refractivity (Wildman–Crippen MR) is 171 cm³/mol. The van der Waals surface area contributed by atoms with Gasteiger partial charge in [-0.3, -0.25) is 4.84 Å². The highest BCUT2D eigenvalue weighted by molar-refractivity contribution is 5.67. The quantitative estimate of drug-likeness (QED) is 0.302. The summed E-state index contributed by atoms with van der Waals surface area (Å²) in [4.78, 5) is 39.0. The number of hydrogen-bond acceptors (Lipinski definition) is 9. The average molecular weight is 642 g/mol. The molecular weight excluding hydrogens is 596 g/mol. The summed E-state index contributed by atoms with van der Waals surface area (Å²) < 4.78 is 35.8. The van der Waals surface area contributed by atoms with Gasteiger partial charge in [0.1, 0.15) is 25.0 Å². The summed E-state index contributed by atoms with van der Waals surface area (Å²) in [5.41, 5.74) is 4.40. The van der Waals surface area contributed by atoms with E-state index in [0.29, 0.717) is 49.5 Å². The highest BCUT2D eigenvalue weighted by Crippen LogP contribution is 2.22. The summed E-state index contributed by atoms with van der Waals surface area (Å²) in [7, 11) is 0. The summed E-state index contributed by atoms with van der Waals surface area (Å²) in [6.07, 6.45) is 5.99. The Kier molecular flexibility index (Phi) is 14.3. The lowest BCUT2D eigenvalue weighted by Crippen LogP contribution is -2.40. The molecule has 1 N–H and O–H groups in total. The smallest absolute Gasteiger partial charge is 0.410 e. The van der Waals surface area contributed by atoms with Crippen molar-refractivity contribution < 1.29 is 32.7 Å². The van der Waals surface area contributed by atoms with E-state index in [1.54, 1.807) is 24.2 Å². The molecule has 1 aromatic heterocycles. The molecule has 0 saturated carbocycles. The minimum Gasteiger partial charge on any atom is -0.490 e. The fourth-order valence-corrected chi connectivity index (χ4v) is 4.72. The number of rotatable bonds is 8. The van der Waals surface area contributed by atoms with E-state index in [0.717, 1.165) is 44.0 Å². The number of hydroxylamine groups is 1. The Morgan fingerprint density at radius 3 is 2.28 bits per heavy atom. The molecular formula is C34H45F2N5O5. The zero-order chi connectivity index (χ0) is 33.5. The number of piperidine rings is 1. The molecule has 1 atom stereocenters. The standard InChI is InChI=1S/C26H37N5O4.C7H6F2.CH2O/c1-26(2,3)35-29-22-11-14-31(17-22)24-27-15-23(16-28-24)33-18-21-9-12-30(13-10-21)25(32)34-19-20-7-5-4-6-8-20;1-5-2-3-6(8)4-7(5)9;1-2/h4-8,15-16,21-22,29H,9-14,17-19H2,1-3H3;2-4H,1H3;1H2. The van der Waals surface area contributed by atoms with Crippen molar-refractivity contribution in [2.24, 2.45) is 5.92 Å². The van der Waals surface area contributed by atoms with Gasteiger partial charge in [-0.1, -0.05) is 36.4 Å². The number of benzene rings is 2. The second-order valence-corrected chi connectivity index (χ2v) is 12.2. The number of carbonyl (C=O) groups excluding carboxylic acids is 2. The Labute approximate surface area is 270 Å². The van der Waals surface area contributed by atoms with Crippen molar-refractivity contribution in [3.63, 3.8) is 0 Å². The number of nitrogens with zero attached hydrogens (tertiary/aromatic N) is 4. The third-order valence-electron chi connectivity index (χ3n) is 7.31. The molecule has 46 heavy (non-hydrogen) atoms. The molecule has 2 aliphatic rings. The number of amides is 1. The Balaban J connectivity index is 0.000000446. The maximum Gasteiger partial charge on any atom is 0.410 e. The highest BCUT2D eigenvalue weighted by Gasteiger charge is 2.27. The molecule has 0 aliphatic carbocycles. The van der Waals surface area contributed by atoms with Crippen LogP contribution in [-0.4, -0.2) is 72.2 Å². The minimum absolute atomic E-state index is 0.217. The largest absolute Gasteiger partial charge is 0.490 e. The van der Waals surface area contributed by atoms with Crippen LogP contribution < -0.4 is 15.1 Å². The van der Waals surface area contributed by atoms with E-state index in [4.69, 9.17) is 19.1 Å². The van der Waals surface area contributed by atoms with Crippen LogP contribution in [0.1, 0.15) is 51.2 Å². The van der Waals surface area contributed by atoms with Gasteiger partial charge >= 0.3 is 6.09 Å². The number of ether oxygens (including phenoxy) is 2. The van der Waals surface area contributed by atoms with Crippen molar-refractivity contribution in [1.29, 1.82) is 0 Å². The van der Waals surface area contributed by atoms with Gasteiger partial charge in [-0.25, -0.2) is 23.5 Å². The van der Waals surface area contributed by atoms with Gasteiger partial charge < -0.3 is 24.1 Å². The molecule has 2 saturated heterocycles. The second kappa shape index (κ2) is 18.1. The molecule has 2 aliphatic heterocycles. The van der Waals surface area contributed by atoms with Crippen LogP contribution in [0.25, 0.3) is 0 Å². The van der Waals surface area contributed by atoms with Crippen LogP contribution in [0.4, 0.5) is 19.5 Å².